The number of fused-ring (bicyclic) bond motifs is 1. The van der Waals surface area contributed by atoms with Crippen LogP contribution in [-0.2, 0) is 0 Å². The van der Waals surface area contributed by atoms with Gasteiger partial charge in [-0.05, 0) is 24.3 Å². The highest BCUT2D eigenvalue weighted by Gasteiger charge is 2.12. The zero-order chi connectivity index (χ0) is 18.1. The molecule has 0 aliphatic heterocycles. The first-order valence-corrected chi connectivity index (χ1v) is 8.70. The van der Waals surface area contributed by atoms with Gasteiger partial charge in [-0.1, -0.05) is 41.7 Å². The van der Waals surface area contributed by atoms with Crippen LogP contribution in [-0.4, -0.2) is 28.8 Å². The third-order valence-electron chi connectivity index (χ3n) is 3.94. The minimum absolute atomic E-state index is 0.204. The van der Waals surface area contributed by atoms with Crippen LogP contribution >= 0.6 is 11.3 Å². The summed E-state index contributed by atoms with van der Waals surface area (Å²) in [5.74, 6) is 1.89. The van der Waals surface area contributed by atoms with Gasteiger partial charge in [0.15, 0.2) is 5.82 Å². The topological polar surface area (TPSA) is 65.7 Å². The largest absolute Gasteiger partial charge is 0.497 e. The smallest absolute Gasteiger partial charge is 0.291 e. The van der Waals surface area contributed by atoms with Crippen molar-refractivity contribution in [3.05, 3.63) is 69.0 Å². The van der Waals surface area contributed by atoms with Crippen molar-refractivity contribution in [2.45, 2.75) is 0 Å². The van der Waals surface area contributed by atoms with E-state index in [1.807, 2.05) is 42.5 Å². The summed E-state index contributed by atoms with van der Waals surface area (Å²) in [4.78, 5) is 17.7. The number of thiazole rings is 1. The lowest BCUT2D eigenvalue weighted by Crippen LogP contribution is -2.23. The van der Waals surface area contributed by atoms with E-state index in [0.717, 1.165) is 11.1 Å². The van der Waals surface area contributed by atoms with E-state index in [1.165, 1.54) is 15.9 Å². The number of aromatic nitrogens is 3. The summed E-state index contributed by atoms with van der Waals surface area (Å²) in [6.45, 7) is 0. The first-order chi connectivity index (χ1) is 12.7. The van der Waals surface area contributed by atoms with Gasteiger partial charge in [0.2, 0.25) is 4.96 Å². The molecule has 0 unspecified atom stereocenters. The summed E-state index contributed by atoms with van der Waals surface area (Å²) in [6.07, 6.45) is 1.77. The van der Waals surface area contributed by atoms with Crippen LogP contribution in [0, 0.1) is 0 Å². The van der Waals surface area contributed by atoms with Gasteiger partial charge in [0, 0.05) is 11.1 Å². The number of benzene rings is 2. The van der Waals surface area contributed by atoms with Crippen molar-refractivity contribution in [2.75, 3.05) is 14.2 Å². The Morgan fingerprint density at radius 2 is 1.88 bits per heavy atom. The highest BCUT2D eigenvalue weighted by Crippen LogP contribution is 2.24. The summed E-state index contributed by atoms with van der Waals surface area (Å²) in [5.41, 5.74) is 1.43. The lowest BCUT2D eigenvalue weighted by Gasteiger charge is -2.06. The van der Waals surface area contributed by atoms with Gasteiger partial charge >= 0.3 is 0 Å². The SMILES string of the molecule is COc1ccc(OC)c(/C=c2/sc3nc(-c4ccccc4)nn3c2=O)c1. The molecule has 130 valence electrons. The van der Waals surface area contributed by atoms with Crippen LogP contribution in [0.25, 0.3) is 22.4 Å². The third kappa shape index (κ3) is 2.82. The van der Waals surface area contributed by atoms with Gasteiger partial charge in [0.25, 0.3) is 5.56 Å². The first-order valence-electron chi connectivity index (χ1n) is 7.88. The second-order valence-electron chi connectivity index (χ2n) is 5.52. The van der Waals surface area contributed by atoms with Crippen molar-refractivity contribution in [1.82, 2.24) is 14.6 Å². The molecule has 7 heteroatoms. The summed E-state index contributed by atoms with van der Waals surface area (Å²) in [5, 5.41) is 4.35. The van der Waals surface area contributed by atoms with E-state index in [2.05, 4.69) is 10.1 Å². The maximum Gasteiger partial charge on any atom is 0.291 e. The van der Waals surface area contributed by atoms with Crippen LogP contribution in [0.15, 0.2) is 53.3 Å². The molecule has 0 saturated heterocycles. The molecule has 0 N–H and O–H groups in total. The van der Waals surface area contributed by atoms with Crippen LogP contribution in [0.1, 0.15) is 5.56 Å². The quantitative estimate of drug-likeness (QED) is 0.556. The number of hydrogen-bond acceptors (Lipinski definition) is 6. The molecule has 2 heterocycles. The van der Waals surface area contributed by atoms with Crippen LogP contribution in [0.5, 0.6) is 11.5 Å². The minimum atomic E-state index is -0.204. The molecule has 0 aliphatic carbocycles. The predicted molar refractivity (Wildman–Crippen MR) is 101 cm³/mol. The van der Waals surface area contributed by atoms with Crippen molar-refractivity contribution in [2.24, 2.45) is 0 Å². The second kappa shape index (κ2) is 6.61. The standard InChI is InChI=1S/C19H15N3O3S/c1-24-14-8-9-15(25-2)13(10-14)11-16-18(23)22-19(26-16)20-17(21-22)12-6-4-3-5-7-12/h3-11H,1-2H3/b16-11+. The summed E-state index contributed by atoms with van der Waals surface area (Å²) < 4.78 is 12.5. The monoisotopic (exact) mass is 365 g/mol. The van der Waals surface area contributed by atoms with E-state index in [9.17, 15) is 4.79 Å². The van der Waals surface area contributed by atoms with Gasteiger partial charge in [0.1, 0.15) is 11.5 Å². The molecule has 0 fully saturated rings. The summed E-state index contributed by atoms with van der Waals surface area (Å²) in [6, 6.07) is 15.0. The normalized spacial score (nSPS) is 11.8. The Morgan fingerprint density at radius 1 is 1.08 bits per heavy atom. The van der Waals surface area contributed by atoms with E-state index >= 15 is 0 Å². The molecule has 2 aromatic heterocycles. The molecule has 0 saturated carbocycles. The average Bonchev–Trinajstić information content (AvgIpc) is 3.22. The Hall–Kier alpha value is -3.19. The Labute approximate surface area is 153 Å². The zero-order valence-electron chi connectivity index (χ0n) is 14.2. The Balaban J connectivity index is 1.84. The van der Waals surface area contributed by atoms with Gasteiger partial charge in [-0.2, -0.15) is 9.50 Å². The third-order valence-corrected chi connectivity index (χ3v) is 4.90. The van der Waals surface area contributed by atoms with Crippen molar-refractivity contribution in [3.63, 3.8) is 0 Å². The number of nitrogens with zero attached hydrogens (tertiary/aromatic N) is 3. The Morgan fingerprint density at radius 3 is 2.58 bits per heavy atom. The molecule has 0 atom stereocenters. The summed E-state index contributed by atoms with van der Waals surface area (Å²) in [7, 11) is 3.19. The van der Waals surface area contributed by atoms with Crippen molar-refractivity contribution < 1.29 is 9.47 Å². The Bertz CT molecular complexity index is 1180. The molecule has 6 nitrogen and oxygen atoms in total. The van der Waals surface area contributed by atoms with Crippen LogP contribution in [0.2, 0.25) is 0 Å². The van der Waals surface area contributed by atoms with E-state index in [-0.39, 0.29) is 5.56 Å². The minimum Gasteiger partial charge on any atom is -0.497 e. The van der Waals surface area contributed by atoms with E-state index in [0.29, 0.717) is 26.8 Å². The molecule has 0 radical (unpaired) electrons. The predicted octanol–water partition coefficient (Wildman–Crippen LogP) is 2.38. The van der Waals surface area contributed by atoms with E-state index < -0.39 is 0 Å². The average molecular weight is 365 g/mol. The maximum atomic E-state index is 12.7. The number of ether oxygens (including phenoxy) is 2. The van der Waals surface area contributed by atoms with Crippen molar-refractivity contribution in [3.8, 4) is 22.9 Å². The molecular formula is C19H15N3O3S. The molecule has 2 aromatic carbocycles. The molecular weight excluding hydrogens is 350 g/mol. The van der Waals surface area contributed by atoms with Gasteiger partial charge in [-0.15, -0.1) is 5.10 Å². The molecule has 0 spiro atoms. The van der Waals surface area contributed by atoms with Crippen LogP contribution in [0.4, 0.5) is 0 Å². The van der Waals surface area contributed by atoms with Gasteiger partial charge in [0.05, 0.1) is 18.8 Å². The molecule has 4 aromatic rings. The van der Waals surface area contributed by atoms with Crippen molar-refractivity contribution >= 4 is 22.4 Å². The lowest BCUT2D eigenvalue weighted by atomic mass is 10.2. The van der Waals surface area contributed by atoms with E-state index in [4.69, 9.17) is 9.47 Å². The van der Waals surface area contributed by atoms with Gasteiger partial charge in [-0.3, -0.25) is 4.79 Å². The fourth-order valence-corrected chi connectivity index (χ4v) is 3.54. The second-order valence-corrected chi connectivity index (χ2v) is 6.53. The molecule has 0 aliphatic rings. The first kappa shape index (κ1) is 16.3. The van der Waals surface area contributed by atoms with E-state index in [1.54, 1.807) is 26.4 Å². The molecule has 0 amide bonds. The van der Waals surface area contributed by atoms with Crippen LogP contribution in [0.3, 0.4) is 0 Å². The molecule has 4 rings (SSSR count). The number of rotatable bonds is 4. The fraction of sp³-hybridized carbons (Fsp3) is 0.105. The summed E-state index contributed by atoms with van der Waals surface area (Å²) >= 11 is 1.29. The highest BCUT2D eigenvalue weighted by atomic mass is 32.1. The lowest BCUT2D eigenvalue weighted by molar-refractivity contribution is 0.402. The number of methoxy groups -OCH3 is 2. The van der Waals surface area contributed by atoms with Crippen molar-refractivity contribution in [1.29, 1.82) is 0 Å². The maximum absolute atomic E-state index is 12.7. The zero-order valence-corrected chi connectivity index (χ0v) is 15.0. The fourth-order valence-electron chi connectivity index (χ4n) is 2.64. The Kier molecular flexibility index (Phi) is 4.14. The highest BCUT2D eigenvalue weighted by molar-refractivity contribution is 7.15. The van der Waals surface area contributed by atoms with Gasteiger partial charge in [-0.25, -0.2) is 0 Å². The molecule has 26 heavy (non-hydrogen) atoms. The number of hydrogen-bond donors (Lipinski definition) is 0. The van der Waals surface area contributed by atoms with Gasteiger partial charge < -0.3 is 9.47 Å². The molecule has 0 bridgehead atoms. The van der Waals surface area contributed by atoms with Crippen LogP contribution < -0.4 is 19.6 Å².